The molecule has 1 N–H and O–H groups in total. The van der Waals surface area contributed by atoms with Gasteiger partial charge in [0.1, 0.15) is 0 Å². The van der Waals surface area contributed by atoms with Crippen LogP contribution < -0.4 is 5.32 Å². The molecule has 0 fully saturated rings. The molecule has 0 heterocycles. The van der Waals surface area contributed by atoms with Gasteiger partial charge in [-0.2, -0.15) is 0 Å². The Morgan fingerprint density at radius 3 is 2.82 bits per heavy atom. The Bertz CT molecular complexity index is 284. The van der Waals surface area contributed by atoms with E-state index in [1.165, 1.54) is 18.4 Å². The van der Waals surface area contributed by atoms with Crippen LogP contribution >= 0.6 is 0 Å². The number of carbonyl (C=O) groups is 1. The van der Waals surface area contributed by atoms with Crippen molar-refractivity contribution in [3.63, 3.8) is 0 Å². The van der Waals surface area contributed by atoms with Crippen LogP contribution in [0, 0.1) is 11.8 Å². The Kier molecular flexibility index (Phi) is 5.69. The lowest BCUT2D eigenvalue weighted by molar-refractivity contribution is -0.128. The molecule has 0 bridgehead atoms. The number of nitrogens with one attached hydrogen (secondary N) is 1. The largest absolute Gasteiger partial charge is 0.349 e. The molecule has 1 amide bonds. The summed E-state index contributed by atoms with van der Waals surface area (Å²) in [5.74, 6) is 1.65. The zero-order chi connectivity index (χ0) is 12.8. The van der Waals surface area contributed by atoms with Crippen LogP contribution in [0.5, 0.6) is 0 Å². The number of rotatable bonds is 5. The van der Waals surface area contributed by atoms with Gasteiger partial charge < -0.3 is 10.2 Å². The van der Waals surface area contributed by atoms with Crippen molar-refractivity contribution >= 4 is 5.91 Å². The Morgan fingerprint density at radius 2 is 2.24 bits per heavy atom. The molecule has 0 saturated heterocycles. The predicted octanol–water partition coefficient (Wildman–Crippen LogP) is 2.05. The van der Waals surface area contributed by atoms with Gasteiger partial charge in [-0.1, -0.05) is 18.6 Å². The first-order valence-corrected chi connectivity index (χ1v) is 6.57. The lowest BCUT2D eigenvalue weighted by Gasteiger charge is -2.25. The average Bonchev–Trinajstić information content (AvgIpc) is 2.22. The Hall–Kier alpha value is -0.830. The number of amides is 1. The molecule has 3 heteroatoms. The molecule has 0 aromatic rings. The molecule has 2 atom stereocenters. The second-order valence-electron chi connectivity index (χ2n) is 5.54. The first kappa shape index (κ1) is 14.2. The molecular weight excluding hydrogens is 212 g/mol. The maximum atomic E-state index is 11.4. The minimum atomic E-state index is 0.200. The van der Waals surface area contributed by atoms with E-state index in [-0.39, 0.29) is 5.91 Å². The fourth-order valence-electron chi connectivity index (χ4n) is 2.57. The Morgan fingerprint density at radius 1 is 1.53 bits per heavy atom. The molecule has 0 spiro atoms. The number of nitrogens with zero attached hydrogens (tertiary/aromatic N) is 1. The lowest BCUT2D eigenvalue weighted by Crippen LogP contribution is -2.30. The number of allylic oxidation sites excluding steroid dienone is 2. The van der Waals surface area contributed by atoms with Crippen molar-refractivity contribution in [2.45, 2.75) is 33.1 Å². The van der Waals surface area contributed by atoms with E-state index >= 15 is 0 Å². The highest BCUT2D eigenvalue weighted by atomic mass is 16.2. The van der Waals surface area contributed by atoms with Gasteiger partial charge in [0.05, 0.1) is 0 Å². The van der Waals surface area contributed by atoms with Gasteiger partial charge in [-0.3, -0.25) is 4.79 Å². The minimum Gasteiger partial charge on any atom is -0.349 e. The van der Waals surface area contributed by atoms with Gasteiger partial charge in [0, 0.05) is 27.1 Å². The van der Waals surface area contributed by atoms with Crippen molar-refractivity contribution in [3.8, 4) is 0 Å². The highest BCUT2D eigenvalue weighted by molar-refractivity contribution is 5.75. The molecule has 2 unspecified atom stereocenters. The normalized spacial score (nSPS) is 24.4. The molecule has 1 aliphatic rings. The van der Waals surface area contributed by atoms with Gasteiger partial charge in [-0.05, 0) is 38.1 Å². The third-order valence-electron chi connectivity index (χ3n) is 3.33. The summed E-state index contributed by atoms with van der Waals surface area (Å²) >= 11 is 0. The van der Waals surface area contributed by atoms with Crippen molar-refractivity contribution in [2.24, 2.45) is 11.8 Å². The summed E-state index contributed by atoms with van der Waals surface area (Å²) in [5, 5.41) is 3.41. The monoisotopic (exact) mass is 238 g/mol. The van der Waals surface area contributed by atoms with Crippen LogP contribution in [0.25, 0.3) is 0 Å². The highest BCUT2D eigenvalue weighted by Crippen LogP contribution is 2.27. The van der Waals surface area contributed by atoms with E-state index in [1.807, 2.05) is 0 Å². The summed E-state index contributed by atoms with van der Waals surface area (Å²) in [6, 6.07) is 0. The van der Waals surface area contributed by atoms with E-state index in [0.29, 0.717) is 12.3 Å². The van der Waals surface area contributed by atoms with E-state index < -0.39 is 0 Å². The number of hydrogen-bond donors (Lipinski definition) is 1. The number of carbonyl (C=O) groups excluding carboxylic acids is 1. The highest BCUT2D eigenvalue weighted by Gasteiger charge is 2.17. The van der Waals surface area contributed by atoms with Gasteiger partial charge in [-0.25, -0.2) is 0 Å². The molecule has 0 aromatic heterocycles. The predicted molar refractivity (Wildman–Crippen MR) is 71.8 cm³/mol. The third kappa shape index (κ3) is 5.35. The van der Waals surface area contributed by atoms with Crippen molar-refractivity contribution in [1.82, 2.24) is 10.2 Å². The van der Waals surface area contributed by atoms with Crippen LogP contribution in [-0.2, 0) is 4.79 Å². The molecule has 0 radical (unpaired) electrons. The summed E-state index contributed by atoms with van der Waals surface area (Å²) in [4.78, 5) is 13.0. The quantitative estimate of drug-likeness (QED) is 0.587. The van der Waals surface area contributed by atoms with Crippen LogP contribution in [0.15, 0.2) is 11.6 Å². The van der Waals surface area contributed by atoms with Gasteiger partial charge >= 0.3 is 0 Å². The summed E-state index contributed by atoms with van der Waals surface area (Å²) in [7, 11) is 3.61. The second kappa shape index (κ2) is 6.80. The van der Waals surface area contributed by atoms with Crippen LogP contribution in [0.3, 0.4) is 0 Å². The first-order valence-electron chi connectivity index (χ1n) is 6.57. The molecule has 17 heavy (non-hydrogen) atoms. The van der Waals surface area contributed by atoms with Crippen LogP contribution in [-0.4, -0.2) is 38.0 Å². The number of hydrogen-bond acceptors (Lipinski definition) is 2. The van der Waals surface area contributed by atoms with Gasteiger partial charge in [0.25, 0.3) is 0 Å². The molecule has 3 nitrogen and oxygen atoms in total. The maximum absolute atomic E-state index is 11.4. The van der Waals surface area contributed by atoms with Crippen molar-refractivity contribution in [1.29, 1.82) is 0 Å². The van der Waals surface area contributed by atoms with Crippen molar-refractivity contribution in [3.05, 3.63) is 11.6 Å². The lowest BCUT2D eigenvalue weighted by atomic mass is 9.84. The van der Waals surface area contributed by atoms with E-state index in [2.05, 4.69) is 25.2 Å². The first-order chi connectivity index (χ1) is 7.99. The molecule has 0 aliphatic heterocycles. The second-order valence-corrected chi connectivity index (χ2v) is 5.54. The Labute approximate surface area is 105 Å². The minimum absolute atomic E-state index is 0.200. The van der Waals surface area contributed by atoms with Gasteiger partial charge in [-0.15, -0.1) is 0 Å². The van der Waals surface area contributed by atoms with Gasteiger partial charge in [0.2, 0.25) is 5.91 Å². The fraction of sp³-hybridized carbons (Fsp3) is 0.786. The molecule has 1 aliphatic carbocycles. The average molecular weight is 238 g/mol. The van der Waals surface area contributed by atoms with Crippen LogP contribution in [0.2, 0.25) is 0 Å². The van der Waals surface area contributed by atoms with E-state index in [1.54, 1.807) is 19.0 Å². The van der Waals surface area contributed by atoms with Gasteiger partial charge in [0.15, 0.2) is 0 Å². The third-order valence-corrected chi connectivity index (χ3v) is 3.33. The standard InChI is InChI=1S/C14H26N2O/c1-11-7-12(2)9-13(8-11)10-15-6-5-14(17)16(3)4/h7,11,13,15H,5-6,8-10H2,1-4H3. The van der Waals surface area contributed by atoms with E-state index in [0.717, 1.165) is 19.0 Å². The SMILES string of the molecule is CC1=CC(C)CC(CNCCC(=O)N(C)C)C1. The maximum Gasteiger partial charge on any atom is 0.223 e. The Balaban J connectivity index is 2.15. The topological polar surface area (TPSA) is 32.3 Å². The van der Waals surface area contributed by atoms with E-state index in [9.17, 15) is 4.79 Å². The summed E-state index contributed by atoms with van der Waals surface area (Å²) in [5.41, 5.74) is 1.51. The smallest absolute Gasteiger partial charge is 0.223 e. The van der Waals surface area contributed by atoms with Crippen LogP contribution in [0.1, 0.15) is 33.1 Å². The summed E-state index contributed by atoms with van der Waals surface area (Å²) in [6.07, 6.45) is 5.46. The summed E-state index contributed by atoms with van der Waals surface area (Å²) in [6.45, 7) is 6.34. The zero-order valence-corrected chi connectivity index (χ0v) is 11.6. The summed E-state index contributed by atoms with van der Waals surface area (Å²) < 4.78 is 0. The van der Waals surface area contributed by atoms with Crippen molar-refractivity contribution < 1.29 is 4.79 Å². The molecule has 98 valence electrons. The van der Waals surface area contributed by atoms with Crippen molar-refractivity contribution in [2.75, 3.05) is 27.2 Å². The zero-order valence-electron chi connectivity index (χ0n) is 11.6. The molecule has 0 saturated carbocycles. The molecule has 0 aromatic carbocycles. The molecular formula is C14H26N2O. The van der Waals surface area contributed by atoms with E-state index in [4.69, 9.17) is 0 Å². The fourth-order valence-corrected chi connectivity index (χ4v) is 2.57. The molecule has 1 rings (SSSR count). The van der Waals surface area contributed by atoms with Crippen LogP contribution in [0.4, 0.5) is 0 Å².